The third kappa shape index (κ3) is 7.68. The Hall–Kier alpha value is -1.31. The van der Waals surface area contributed by atoms with Gasteiger partial charge in [-0.1, -0.05) is 70.2 Å². The van der Waals surface area contributed by atoms with Crippen molar-refractivity contribution in [1.29, 1.82) is 0 Å². The molecule has 0 saturated heterocycles. The van der Waals surface area contributed by atoms with E-state index in [0.29, 0.717) is 5.41 Å². The van der Waals surface area contributed by atoms with Crippen molar-refractivity contribution in [3.63, 3.8) is 0 Å². The first kappa shape index (κ1) is 22.0. The predicted octanol–water partition coefficient (Wildman–Crippen LogP) is 7.11. The minimum atomic E-state index is -0.574. The van der Waals surface area contributed by atoms with Gasteiger partial charge >= 0.3 is 5.97 Å². The Morgan fingerprint density at radius 3 is 2.19 bits per heavy atom. The maximum atomic E-state index is 11.2. The maximum Gasteiger partial charge on any atom is 0.309 e. The molecule has 2 rings (SSSR count). The molecule has 1 saturated carbocycles. The zero-order valence-corrected chi connectivity index (χ0v) is 18.1. The van der Waals surface area contributed by atoms with Gasteiger partial charge in [-0.3, -0.25) is 4.79 Å². The number of carbonyl (C=O) groups is 1. The zero-order valence-electron chi connectivity index (χ0n) is 18.1. The Kier molecular flexibility index (Phi) is 7.94. The number of benzene rings is 1. The summed E-state index contributed by atoms with van der Waals surface area (Å²) in [5.41, 5.74) is 4.52. The first-order valence-electron chi connectivity index (χ1n) is 11.0. The van der Waals surface area contributed by atoms with E-state index in [2.05, 4.69) is 45.9 Å². The molecular weight excluding hydrogens is 332 g/mol. The molecule has 27 heavy (non-hydrogen) atoms. The molecule has 2 nitrogen and oxygen atoms in total. The maximum absolute atomic E-state index is 11.2. The molecule has 0 atom stereocenters. The minimum absolute atomic E-state index is 0.345. The van der Waals surface area contributed by atoms with Gasteiger partial charge in [0.15, 0.2) is 0 Å². The summed E-state index contributed by atoms with van der Waals surface area (Å²) in [6, 6.07) is 6.93. The monoisotopic (exact) mass is 372 g/mol. The van der Waals surface area contributed by atoms with Crippen molar-refractivity contribution in [1.82, 2.24) is 0 Å². The van der Waals surface area contributed by atoms with Gasteiger partial charge in [-0.2, -0.15) is 0 Å². The average Bonchev–Trinajstić information content (AvgIpc) is 3.36. The first-order valence-corrected chi connectivity index (χ1v) is 11.0. The Morgan fingerprint density at radius 1 is 0.963 bits per heavy atom. The van der Waals surface area contributed by atoms with Crippen molar-refractivity contribution < 1.29 is 9.90 Å². The number of hydrogen-bond donors (Lipinski definition) is 1. The second-order valence-electron chi connectivity index (χ2n) is 10.0. The van der Waals surface area contributed by atoms with Gasteiger partial charge < -0.3 is 5.11 Å². The van der Waals surface area contributed by atoms with Crippen LogP contribution in [0.1, 0.15) is 102 Å². The topological polar surface area (TPSA) is 37.3 Å². The summed E-state index contributed by atoms with van der Waals surface area (Å²) in [6.07, 6.45) is 13.6. The molecule has 1 N–H and O–H groups in total. The van der Waals surface area contributed by atoms with Gasteiger partial charge in [-0.05, 0) is 74.8 Å². The Labute approximate surface area is 166 Å². The van der Waals surface area contributed by atoms with E-state index in [-0.39, 0.29) is 5.41 Å². The molecule has 0 unspecified atom stereocenters. The number of aliphatic carboxylic acids is 1. The van der Waals surface area contributed by atoms with Crippen LogP contribution in [0.25, 0.3) is 0 Å². The largest absolute Gasteiger partial charge is 0.481 e. The van der Waals surface area contributed by atoms with Crippen molar-refractivity contribution in [2.45, 2.75) is 105 Å². The normalized spacial score (nSPS) is 15.7. The number of aryl methyl sites for hydroxylation is 3. The number of unbranched alkanes of at least 4 members (excludes halogenated alkanes) is 4. The molecule has 0 spiro atoms. The summed E-state index contributed by atoms with van der Waals surface area (Å²) < 4.78 is 0. The molecule has 0 radical (unpaired) electrons. The summed E-state index contributed by atoms with van der Waals surface area (Å²) in [6.45, 7) is 9.17. The molecule has 1 aliphatic rings. The molecule has 0 aromatic heterocycles. The van der Waals surface area contributed by atoms with Gasteiger partial charge in [0.2, 0.25) is 0 Å². The molecule has 1 fully saturated rings. The second-order valence-corrected chi connectivity index (χ2v) is 10.0. The van der Waals surface area contributed by atoms with Crippen LogP contribution in [0.4, 0.5) is 0 Å². The van der Waals surface area contributed by atoms with Crippen LogP contribution in [0.3, 0.4) is 0 Å². The van der Waals surface area contributed by atoms with Gasteiger partial charge in [-0.15, -0.1) is 0 Å². The minimum Gasteiger partial charge on any atom is -0.481 e. The predicted molar refractivity (Wildman–Crippen MR) is 114 cm³/mol. The quantitative estimate of drug-likeness (QED) is 0.397. The van der Waals surface area contributed by atoms with E-state index < -0.39 is 5.97 Å². The molecule has 0 aliphatic heterocycles. The summed E-state index contributed by atoms with van der Waals surface area (Å²) >= 11 is 0. The lowest BCUT2D eigenvalue weighted by atomic mass is 9.89. The molecule has 2 heteroatoms. The van der Waals surface area contributed by atoms with Crippen LogP contribution in [0.5, 0.6) is 0 Å². The fraction of sp³-hybridized carbons (Fsp3) is 0.720. The summed E-state index contributed by atoms with van der Waals surface area (Å²) in [7, 11) is 0. The number of rotatable bonds is 12. The molecule has 0 bridgehead atoms. The molecule has 152 valence electrons. The average molecular weight is 373 g/mol. The fourth-order valence-electron chi connectivity index (χ4n) is 4.06. The highest BCUT2D eigenvalue weighted by atomic mass is 16.4. The van der Waals surface area contributed by atoms with Crippen molar-refractivity contribution >= 4 is 5.97 Å². The third-order valence-corrected chi connectivity index (χ3v) is 6.14. The van der Waals surface area contributed by atoms with E-state index in [4.69, 9.17) is 0 Å². The van der Waals surface area contributed by atoms with E-state index in [1.54, 1.807) is 0 Å². The van der Waals surface area contributed by atoms with E-state index in [1.165, 1.54) is 55.2 Å². The van der Waals surface area contributed by atoms with Crippen LogP contribution >= 0.6 is 0 Å². The van der Waals surface area contributed by atoms with Crippen LogP contribution in [0.2, 0.25) is 0 Å². The van der Waals surface area contributed by atoms with Crippen LogP contribution in [-0.2, 0) is 17.6 Å². The SMILES string of the molecule is Cc1ccc(CCCCCC2(C(=O)O)CC2)c(CCCCCC(C)(C)C)c1. The van der Waals surface area contributed by atoms with Crippen molar-refractivity contribution in [2.75, 3.05) is 0 Å². The summed E-state index contributed by atoms with van der Waals surface area (Å²) in [5, 5.41) is 9.27. The van der Waals surface area contributed by atoms with E-state index in [9.17, 15) is 9.90 Å². The summed E-state index contributed by atoms with van der Waals surface area (Å²) in [4.78, 5) is 11.2. The second kappa shape index (κ2) is 9.75. The zero-order chi connectivity index (χ0) is 19.9. The highest BCUT2D eigenvalue weighted by Gasteiger charge is 2.49. The van der Waals surface area contributed by atoms with Crippen LogP contribution < -0.4 is 0 Å². The Bertz CT molecular complexity index is 605. The number of carboxylic acids is 1. The van der Waals surface area contributed by atoms with Crippen LogP contribution in [0, 0.1) is 17.8 Å². The van der Waals surface area contributed by atoms with Gasteiger partial charge in [0.1, 0.15) is 0 Å². The molecule has 0 amide bonds. The van der Waals surface area contributed by atoms with Gasteiger partial charge in [0.25, 0.3) is 0 Å². The van der Waals surface area contributed by atoms with E-state index in [1.807, 2.05) is 0 Å². The highest BCUT2D eigenvalue weighted by Crippen LogP contribution is 2.50. The smallest absolute Gasteiger partial charge is 0.309 e. The van der Waals surface area contributed by atoms with Gasteiger partial charge in [0, 0.05) is 0 Å². The Balaban J connectivity index is 1.71. The number of hydrogen-bond acceptors (Lipinski definition) is 1. The standard InChI is InChI=1S/C25H40O2/c1-20-13-14-21(11-7-6-10-16-25(17-18-25)23(26)27)22(19-20)12-8-5-9-15-24(2,3)4/h13-14,19H,5-12,15-18H2,1-4H3,(H,26,27). The first-order chi connectivity index (χ1) is 12.7. The Morgan fingerprint density at radius 2 is 1.59 bits per heavy atom. The molecule has 1 aromatic rings. The molecule has 1 aromatic carbocycles. The molecule has 0 heterocycles. The van der Waals surface area contributed by atoms with Crippen molar-refractivity contribution in [3.05, 3.63) is 34.9 Å². The van der Waals surface area contributed by atoms with Gasteiger partial charge in [-0.25, -0.2) is 0 Å². The molecular formula is C25H40O2. The third-order valence-electron chi connectivity index (χ3n) is 6.14. The lowest BCUT2D eigenvalue weighted by molar-refractivity contribution is -0.143. The van der Waals surface area contributed by atoms with Crippen LogP contribution in [0.15, 0.2) is 18.2 Å². The summed E-state index contributed by atoms with van der Waals surface area (Å²) in [5.74, 6) is -0.574. The van der Waals surface area contributed by atoms with Crippen LogP contribution in [-0.4, -0.2) is 11.1 Å². The molecule has 1 aliphatic carbocycles. The highest BCUT2D eigenvalue weighted by molar-refractivity contribution is 5.77. The lowest BCUT2D eigenvalue weighted by Crippen LogP contribution is -2.14. The van der Waals surface area contributed by atoms with Gasteiger partial charge in [0.05, 0.1) is 5.41 Å². The fourth-order valence-corrected chi connectivity index (χ4v) is 4.06. The number of carboxylic acid groups (broad SMARTS) is 1. The lowest BCUT2D eigenvalue weighted by Gasteiger charge is -2.17. The van der Waals surface area contributed by atoms with Crippen molar-refractivity contribution in [3.8, 4) is 0 Å². The van der Waals surface area contributed by atoms with E-state index in [0.717, 1.165) is 38.5 Å². The van der Waals surface area contributed by atoms with E-state index >= 15 is 0 Å². The van der Waals surface area contributed by atoms with Crippen molar-refractivity contribution in [2.24, 2.45) is 10.8 Å².